The van der Waals surface area contributed by atoms with Gasteiger partial charge < -0.3 is 10.6 Å². The quantitative estimate of drug-likeness (QED) is 0.154. The highest BCUT2D eigenvalue weighted by Crippen LogP contribution is 2.34. The van der Waals surface area contributed by atoms with Crippen LogP contribution in [0, 0.1) is 25.2 Å². The maximum Gasteiger partial charge on any atom is 0.332 e. The van der Waals surface area contributed by atoms with Gasteiger partial charge in [0.05, 0.1) is 43.9 Å². The Morgan fingerprint density at radius 1 is 1.16 bits per heavy atom. The first-order valence-corrected chi connectivity index (χ1v) is 11.9. The van der Waals surface area contributed by atoms with Crippen molar-refractivity contribution in [1.29, 1.82) is 5.26 Å². The highest BCUT2D eigenvalue weighted by atomic mass is 19.3. The highest BCUT2D eigenvalue weighted by molar-refractivity contribution is 5.91. The zero-order valence-electron chi connectivity index (χ0n) is 21.4. The molecule has 0 aliphatic heterocycles. The third kappa shape index (κ3) is 5.14. The van der Waals surface area contributed by atoms with Gasteiger partial charge in [0, 0.05) is 10.9 Å². The summed E-state index contributed by atoms with van der Waals surface area (Å²) in [6.45, 7) is 4.08. The summed E-state index contributed by atoms with van der Waals surface area (Å²) in [7, 11) is 1.54. The predicted octanol–water partition coefficient (Wildman–Crippen LogP) is 4.52. The predicted molar refractivity (Wildman–Crippen MR) is 142 cm³/mol. The molecule has 0 amide bonds. The number of halogens is 2. The number of benzene rings is 3. The van der Waals surface area contributed by atoms with E-state index in [1.54, 1.807) is 42.1 Å². The average molecular weight is 518 g/mol. The Balaban J connectivity index is 1.68. The van der Waals surface area contributed by atoms with Gasteiger partial charge in [-0.1, -0.05) is 42.5 Å². The molecule has 0 spiro atoms. The molecule has 1 aromatic heterocycles. The van der Waals surface area contributed by atoms with Gasteiger partial charge in [-0.25, -0.2) is 5.84 Å². The Bertz CT molecular complexity index is 1520. The van der Waals surface area contributed by atoms with Gasteiger partial charge in [0.15, 0.2) is 0 Å². The second-order valence-corrected chi connectivity index (χ2v) is 9.03. The SMILES string of the molecule is COc1ccc(CN(N)/C(=N\N)C(F)(F)c2ccc3c(C)nn(Cc4c(C)cccc4CC#N)c3c2)cc1. The maximum atomic E-state index is 15.8. The molecule has 196 valence electrons. The number of aryl methyl sites for hydroxylation is 2. The van der Waals surface area contributed by atoms with Gasteiger partial charge >= 0.3 is 5.92 Å². The second-order valence-electron chi connectivity index (χ2n) is 9.03. The third-order valence-electron chi connectivity index (χ3n) is 6.57. The summed E-state index contributed by atoms with van der Waals surface area (Å²) >= 11 is 0. The lowest BCUT2D eigenvalue weighted by Crippen LogP contribution is -2.46. The fraction of sp³-hybridized carbons (Fsp3) is 0.250. The van der Waals surface area contributed by atoms with E-state index in [0.29, 0.717) is 29.1 Å². The van der Waals surface area contributed by atoms with Gasteiger partial charge in [-0.15, -0.1) is 0 Å². The number of aromatic nitrogens is 2. The number of amidine groups is 1. The van der Waals surface area contributed by atoms with E-state index in [1.807, 2.05) is 32.0 Å². The average Bonchev–Trinajstić information content (AvgIpc) is 3.21. The highest BCUT2D eigenvalue weighted by Gasteiger charge is 2.42. The van der Waals surface area contributed by atoms with Crippen molar-refractivity contribution in [2.75, 3.05) is 7.11 Å². The number of ether oxygens (including phenoxy) is 1. The molecule has 4 rings (SSSR count). The monoisotopic (exact) mass is 517 g/mol. The van der Waals surface area contributed by atoms with Crippen molar-refractivity contribution >= 4 is 16.7 Å². The number of hydrogen-bond donors (Lipinski definition) is 2. The largest absolute Gasteiger partial charge is 0.497 e. The molecule has 0 fully saturated rings. The van der Waals surface area contributed by atoms with Gasteiger partial charge in [-0.05, 0) is 54.3 Å². The topological polar surface area (TPSA) is 118 Å². The Labute approximate surface area is 219 Å². The van der Waals surface area contributed by atoms with Gasteiger partial charge in [0.2, 0.25) is 5.84 Å². The third-order valence-corrected chi connectivity index (χ3v) is 6.57. The first kappa shape index (κ1) is 26.6. The van der Waals surface area contributed by atoms with Gasteiger partial charge in [-0.2, -0.15) is 24.2 Å². The molecule has 1 heterocycles. The van der Waals surface area contributed by atoms with Crippen LogP contribution in [0.3, 0.4) is 0 Å². The zero-order valence-corrected chi connectivity index (χ0v) is 21.4. The summed E-state index contributed by atoms with van der Waals surface area (Å²) in [4.78, 5) is 0. The molecule has 0 aliphatic carbocycles. The van der Waals surface area contributed by atoms with E-state index >= 15 is 8.78 Å². The number of alkyl halides is 2. The number of methoxy groups -OCH3 is 1. The summed E-state index contributed by atoms with van der Waals surface area (Å²) in [5.74, 6) is 7.75. The normalized spacial score (nSPS) is 12.0. The van der Waals surface area contributed by atoms with Crippen molar-refractivity contribution in [3.8, 4) is 11.8 Å². The number of hydrazine groups is 1. The summed E-state index contributed by atoms with van der Waals surface area (Å²) in [6.07, 6.45) is 0.245. The Morgan fingerprint density at radius 2 is 1.89 bits per heavy atom. The van der Waals surface area contributed by atoms with Crippen LogP contribution in [0.15, 0.2) is 65.8 Å². The lowest BCUT2D eigenvalue weighted by atomic mass is 9.99. The van der Waals surface area contributed by atoms with Crippen LogP contribution in [0.1, 0.15) is 33.5 Å². The molecular formula is C28H29F2N7O. The van der Waals surface area contributed by atoms with E-state index in [1.165, 1.54) is 12.1 Å². The van der Waals surface area contributed by atoms with Crippen LogP contribution in [-0.2, 0) is 25.4 Å². The number of nitriles is 1. The number of nitrogens with zero attached hydrogens (tertiary/aromatic N) is 5. The molecule has 0 radical (unpaired) electrons. The minimum atomic E-state index is -3.58. The van der Waals surface area contributed by atoms with Crippen LogP contribution in [-0.4, -0.2) is 27.7 Å². The molecule has 3 aromatic carbocycles. The van der Waals surface area contributed by atoms with E-state index in [4.69, 9.17) is 16.4 Å². The summed E-state index contributed by atoms with van der Waals surface area (Å²) < 4.78 is 38.4. The van der Waals surface area contributed by atoms with Crippen molar-refractivity contribution in [1.82, 2.24) is 14.8 Å². The minimum absolute atomic E-state index is 0.0378. The first-order valence-electron chi connectivity index (χ1n) is 11.9. The van der Waals surface area contributed by atoms with E-state index in [-0.39, 0.29) is 18.5 Å². The van der Waals surface area contributed by atoms with Crippen LogP contribution in [0.2, 0.25) is 0 Å². The maximum absolute atomic E-state index is 15.8. The zero-order chi connectivity index (χ0) is 27.4. The minimum Gasteiger partial charge on any atom is -0.497 e. The number of nitrogens with two attached hydrogens (primary N) is 2. The number of fused-ring (bicyclic) bond motifs is 1. The Morgan fingerprint density at radius 3 is 2.55 bits per heavy atom. The van der Waals surface area contributed by atoms with E-state index in [9.17, 15) is 5.26 Å². The Hall–Kier alpha value is -4.49. The smallest absolute Gasteiger partial charge is 0.332 e. The van der Waals surface area contributed by atoms with Crippen LogP contribution in [0.4, 0.5) is 8.78 Å². The lowest BCUT2D eigenvalue weighted by molar-refractivity contribution is 0.0584. The second kappa shape index (κ2) is 10.9. The summed E-state index contributed by atoms with van der Waals surface area (Å²) in [6, 6.07) is 19.2. The van der Waals surface area contributed by atoms with Crippen molar-refractivity contribution in [2.45, 2.75) is 39.3 Å². The van der Waals surface area contributed by atoms with Crippen molar-refractivity contribution in [3.63, 3.8) is 0 Å². The fourth-order valence-electron chi connectivity index (χ4n) is 4.51. The molecule has 4 aromatic rings. The van der Waals surface area contributed by atoms with Crippen LogP contribution < -0.4 is 16.4 Å². The Kier molecular flexibility index (Phi) is 7.60. The lowest BCUT2D eigenvalue weighted by Gasteiger charge is -2.26. The fourth-order valence-corrected chi connectivity index (χ4v) is 4.51. The number of hydrazone groups is 1. The molecule has 10 heteroatoms. The first-order chi connectivity index (χ1) is 18.2. The number of hydrogen-bond acceptors (Lipinski definition) is 6. The van der Waals surface area contributed by atoms with Crippen molar-refractivity contribution in [2.24, 2.45) is 16.8 Å². The van der Waals surface area contributed by atoms with Gasteiger partial charge in [0.1, 0.15) is 5.75 Å². The molecule has 0 unspecified atom stereocenters. The molecular weight excluding hydrogens is 488 g/mol. The van der Waals surface area contributed by atoms with Crippen molar-refractivity contribution < 1.29 is 13.5 Å². The van der Waals surface area contributed by atoms with Crippen LogP contribution in [0.5, 0.6) is 5.75 Å². The van der Waals surface area contributed by atoms with Gasteiger partial charge in [-0.3, -0.25) is 9.69 Å². The number of rotatable bonds is 8. The molecule has 8 nitrogen and oxygen atoms in total. The summed E-state index contributed by atoms with van der Waals surface area (Å²) in [5.41, 5.74) is 4.41. The van der Waals surface area contributed by atoms with E-state index < -0.39 is 11.8 Å². The van der Waals surface area contributed by atoms with Crippen LogP contribution >= 0.6 is 0 Å². The molecule has 4 N–H and O–H groups in total. The standard InChI is InChI=1S/C28H29F2N7O/c1-18-5-4-6-21(13-14-31)25(18)17-37-26-15-22(9-12-24(26)19(2)35-37)28(29,30)27(34-32)36(33)16-20-7-10-23(38-3)11-8-20/h4-12,15H,13,16-17,32-33H2,1-3H3/b34-27-. The van der Waals surface area contributed by atoms with Crippen LogP contribution in [0.25, 0.3) is 10.9 Å². The molecule has 0 saturated heterocycles. The molecule has 38 heavy (non-hydrogen) atoms. The molecule has 0 saturated carbocycles. The van der Waals surface area contributed by atoms with E-state index in [2.05, 4.69) is 16.3 Å². The van der Waals surface area contributed by atoms with Gasteiger partial charge in [0.25, 0.3) is 0 Å². The molecule has 0 atom stereocenters. The van der Waals surface area contributed by atoms with E-state index in [0.717, 1.165) is 27.1 Å². The molecule has 0 aliphatic rings. The summed E-state index contributed by atoms with van der Waals surface area (Å²) in [5, 5.41) is 18.8. The molecule has 0 bridgehead atoms. The van der Waals surface area contributed by atoms with Crippen molar-refractivity contribution in [3.05, 3.63) is 94.2 Å².